The van der Waals surface area contributed by atoms with E-state index in [-0.39, 0.29) is 16.9 Å². The van der Waals surface area contributed by atoms with Gasteiger partial charge in [-0.1, -0.05) is 26.0 Å². The molecule has 6 nitrogen and oxygen atoms in total. The van der Waals surface area contributed by atoms with Crippen molar-refractivity contribution in [3.8, 4) is 5.75 Å². The van der Waals surface area contributed by atoms with Crippen LogP contribution < -0.4 is 0 Å². The smallest absolute Gasteiger partial charge is 0.295 e. The molecule has 33 heavy (non-hydrogen) atoms. The molecule has 2 aromatic rings. The van der Waals surface area contributed by atoms with Crippen molar-refractivity contribution in [1.82, 2.24) is 9.80 Å². The van der Waals surface area contributed by atoms with Gasteiger partial charge >= 0.3 is 0 Å². The van der Waals surface area contributed by atoms with E-state index in [1.54, 1.807) is 6.07 Å². The highest BCUT2D eigenvalue weighted by Crippen LogP contribution is 2.41. The number of hydrogen-bond donors (Lipinski definition) is 2. The van der Waals surface area contributed by atoms with E-state index in [1.807, 2.05) is 13.8 Å². The standard InChI is InChI=1S/C26H31FN2O4/c1-5-28(6-2)12-7-13-29-23(18-8-10-19(27)11-9-18)22(25(32)26(29)33)24(31)20-14-16(3)17(4)15-21(20)30/h8-11,14-15,23,30-31H,5-7,12-13H2,1-4H3/t23-/m0/s1. The third-order valence-corrected chi connectivity index (χ3v) is 6.36. The minimum atomic E-state index is -0.872. The van der Waals surface area contributed by atoms with Crippen molar-refractivity contribution in [1.29, 1.82) is 0 Å². The number of phenols is 1. The second kappa shape index (κ2) is 10.2. The maximum Gasteiger partial charge on any atom is 0.295 e. The summed E-state index contributed by atoms with van der Waals surface area (Å²) in [6, 6.07) is 7.78. The van der Waals surface area contributed by atoms with Gasteiger partial charge in [-0.25, -0.2) is 4.39 Å². The molecule has 1 atom stereocenters. The lowest BCUT2D eigenvalue weighted by Crippen LogP contribution is -2.33. The largest absolute Gasteiger partial charge is 0.507 e. The molecule has 1 aliphatic heterocycles. The van der Waals surface area contributed by atoms with Gasteiger partial charge in [0.1, 0.15) is 17.3 Å². The van der Waals surface area contributed by atoms with Gasteiger partial charge in [0, 0.05) is 6.54 Å². The summed E-state index contributed by atoms with van der Waals surface area (Å²) in [4.78, 5) is 29.7. The lowest BCUT2D eigenvalue weighted by molar-refractivity contribution is -0.140. The summed E-state index contributed by atoms with van der Waals surface area (Å²) in [7, 11) is 0. The molecular weight excluding hydrogens is 423 g/mol. The van der Waals surface area contributed by atoms with Crippen LogP contribution in [0.15, 0.2) is 42.0 Å². The average Bonchev–Trinajstić information content (AvgIpc) is 3.04. The number of carbonyl (C=O) groups is 2. The zero-order valence-electron chi connectivity index (χ0n) is 19.6. The number of carbonyl (C=O) groups excluding carboxylic acids is 2. The SMILES string of the molecule is CCN(CC)CCCN1C(=O)C(=O)C(=C(O)c2cc(C)c(C)cc2O)[C@@H]1c1ccc(F)cc1. The van der Waals surface area contributed by atoms with E-state index in [0.29, 0.717) is 18.5 Å². The third kappa shape index (κ3) is 4.93. The summed E-state index contributed by atoms with van der Waals surface area (Å²) < 4.78 is 13.6. The number of ketones is 1. The normalized spacial score (nSPS) is 17.9. The number of amides is 1. The van der Waals surface area contributed by atoms with E-state index < -0.39 is 29.3 Å². The third-order valence-electron chi connectivity index (χ3n) is 6.36. The molecule has 1 heterocycles. The lowest BCUT2D eigenvalue weighted by Gasteiger charge is -2.27. The predicted molar refractivity (Wildman–Crippen MR) is 125 cm³/mol. The molecule has 2 aromatic carbocycles. The van der Waals surface area contributed by atoms with Crippen LogP contribution in [0, 0.1) is 19.7 Å². The zero-order valence-corrected chi connectivity index (χ0v) is 19.6. The highest BCUT2D eigenvalue weighted by atomic mass is 19.1. The Balaban J connectivity index is 2.08. The first-order chi connectivity index (χ1) is 15.7. The Morgan fingerprint density at radius 3 is 2.27 bits per heavy atom. The van der Waals surface area contributed by atoms with Crippen LogP contribution in [-0.4, -0.2) is 57.9 Å². The van der Waals surface area contributed by atoms with Gasteiger partial charge in [-0.05, 0) is 80.9 Å². The first-order valence-corrected chi connectivity index (χ1v) is 11.3. The van der Waals surface area contributed by atoms with Crippen molar-refractivity contribution in [3.63, 3.8) is 0 Å². The first kappa shape index (κ1) is 24.5. The summed E-state index contributed by atoms with van der Waals surface area (Å²) in [5.74, 6) is -2.59. The van der Waals surface area contributed by atoms with Gasteiger partial charge in [-0.15, -0.1) is 0 Å². The summed E-state index contributed by atoms with van der Waals surface area (Å²) in [5.41, 5.74) is 2.15. The van der Waals surface area contributed by atoms with Gasteiger partial charge in [0.25, 0.3) is 11.7 Å². The molecule has 1 aliphatic rings. The topological polar surface area (TPSA) is 81.1 Å². The number of aromatic hydroxyl groups is 1. The highest BCUT2D eigenvalue weighted by molar-refractivity contribution is 6.46. The second-order valence-electron chi connectivity index (χ2n) is 8.38. The van der Waals surface area contributed by atoms with Gasteiger partial charge in [-0.3, -0.25) is 9.59 Å². The van der Waals surface area contributed by atoms with Crippen molar-refractivity contribution in [2.24, 2.45) is 0 Å². The molecule has 1 amide bonds. The Morgan fingerprint density at radius 1 is 1.06 bits per heavy atom. The number of aryl methyl sites for hydroxylation is 2. The number of phenolic OH excluding ortho intramolecular Hbond substituents is 1. The van der Waals surface area contributed by atoms with Crippen molar-refractivity contribution in [3.05, 3.63) is 70.0 Å². The van der Waals surface area contributed by atoms with Gasteiger partial charge in [0.2, 0.25) is 0 Å². The molecule has 0 radical (unpaired) electrons. The molecule has 1 fully saturated rings. The van der Waals surface area contributed by atoms with Crippen molar-refractivity contribution in [2.75, 3.05) is 26.2 Å². The van der Waals surface area contributed by atoms with Crippen LogP contribution in [0.25, 0.3) is 5.76 Å². The lowest BCUT2D eigenvalue weighted by atomic mass is 9.93. The number of likely N-dealkylation sites (tertiary alicyclic amines) is 1. The Morgan fingerprint density at radius 2 is 1.67 bits per heavy atom. The highest BCUT2D eigenvalue weighted by Gasteiger charge is 2.46. The number of hydrogen-bond acceptors (Lipinski definition) is 5. The Kier molecular flexibility index (Phi) is 7.53. The van der Waals surface area contributed by atoms with Crippen LogP contribution in [0.1, 0.15) is 48.6 Å². The first-order valence-electron chi connectivity index (χ1n) is 11.3. The Bertz CT molecular complexity index is 1070. The molecule has 0 aliphatic carbocycles. The zero-order chi connectivity index (χ0) is 24.3. The Labute approximate surface area is 193 Å². The summed E-state index contributed by atoms with van der Waals surface area (Å²) in [6.07, 6.45) is 0.640. The van der Waals surface area contributed by atoms with Gasteiger partial charge < -0.3 is 20.0 Å². The molecule has 0 saturated carbocycles. The molecular formula is C26H31FN2O4. The van der Waals surface area contributed by atoms with Crippen LogP contribution in [-0.2, 0) is 9.59 Å². The fourth-order valence-corrected chi connectivity index (χ4v) is 4.24. The van der Waals surface area contributed by atoms with E-state index in [4.69, 9.17) is 0 Å². The maximum atomic E-state index is 13.6. The molecule has 0 unspecified atom stereocenters. The van der Waals surface area contributed by atoms with Crippen LogP contribution >= 0.6 is 0 Å². The quantitative estimate of drug-likeness (QED) is 0.353. The number of Topliss-reactive ketones (excluding diaryl/α,β-unsaturated/α-hetero) is 1. The molecule has 3 rings (SSSR count). The molecule has 2 N–H and O–H groups in total. The molecule has 0 spiro atoms. The van der Waals surface area contributed by atoms with Gasteiger partial charge in [0.15, 0.2) is 0 Å². The number of aliphatic hydroxyl groups excluding tert-OH is 1. The van der Waals surface area contributed by atoms with Crippen LogP contribution in [0.3, 0.4) is 0 Å². The van der Waals surface area contributed by atoms with Gasteiger partial charge in [0.05, 0.1) is 17.2 Å². The monoisotopic (exact) mass is 454 g/mol. The summed E-state index contributed by atoms with van der Waals surface area (Å²) >= 11 is 0. The van der Waals surface area contributed by atoms with Crippen LogP contribution in [0.2, 0.25) is 0 Å². The fourth-order valence-electron chi connectivity index (χ4n) is 4.24. The van der Waals surface area contributed by atoms with E-state index in [9.17, 15) is 24.2 Å². The molecule has 0 bridgehead atoms. The maximum absolute atomic E-state index is 13.6. The number of halogens is 1. The van der Waals surface area contributed by atoms with Crippen molar-refractivity contribution in [2.45, 2.75) is 40.2 Å². The van der Waals surface area contributed by atoms with Gasteiger partial charge in [-0.2, -0.15) is 0 Å². The summed E-state index contributed by atoms with van der Waals surface area (Å²) in [5, 5.41) is 21.6. The molecule has 0 aromatic heterocycles. The minimum absolute atomic E-state index is 0.0892. The minimum Gasteiger partial charge on any atom is -0.507 e. The van der Waals surface area contributed by atoms with E-state index >= 15 is 0 Å². The summed E-state index contributed by atoms with van der Waals surface area (Å²) in [6.45, 7) is 10.6. The van der Waals surface area contributed by atoms with Crippen molar-refractivity contribution >= 4 is 17.4 Å². The van der Waals surface area contributed by atoms with Crippen molar-refractivity contribution < 1.29 is 24.2 Å². The fraction of sp³-hybridized carbons (Fsp3) is 0.385. The van der Waals surface area contributed by atoms with Crippen LogP contribution in [0.5, 0.6) is 5.75 Å². The second-order valence-corrected chi connectivity index (χ2v) is 8.38. The number of benzene rings is 2. The number of nitrogens with zero attached hydrogens (tertiary/aromatic N) is 2. The Hall–Kier alpha value is -3.19. The predicted octanol–water partition coefficient (Wildman–Crippen LogP) is 4.30. The number of rotatable bonds is 8. The van der Waals surface area contributed by atoms with Crippen LogP contribution in [0.4, 0.5) is 4.39 Å². The number of aliphatic hydroxyl groups is 1. The van der Waals surface area contributed by atoms with E-state index in [0.717, 1.165) is 30.8 Å². The molecule has 1 saturated heterocycles. The molecule has 176 valence electrons. The van der Waals surface area contributed by atoms with E-state index in [2.05, 4.69) is 18.7 Å². The molecule has 7 heteroatoms. The average molecular weight is 455 g/mol. The van der Waals surface area contributed by atoms with E-state index in [1.165, 1.54) is 35.2 Å².